The summed E-state index contributed by atoms with van der Waals surface area (Å²) >= 11 is 0. The van der Waals surface area contributed by atoms with Gasteiger partial charge in [0.25, 0.3) is 0 Å². The molecule has 1 atom stereocenters. The number of hydrogen-bond acceptors (Lipinski definition) is 3. The third-order valence-electron chi connectivity index (χ3n) is 3.54. The topological polar surface area (TPSA) is 72.9 Å². The van der Waals surface area contributed by atoms with E-state index in [4.69, 9.17) is 5.11 Å². The molecule has 1 aliphatic rings. The van der Waals surface area contributed by atoms with Crippen LogP contribution < -0.4 is 10.2 Å². The van der Waals surface area contributed by atoms with Crippen molar-refractivity contribution in [1.82, 2.24) is 10.2 Å². The Hall–Kier alpha value is -2.24. The van der Waals surface area contributed by atoms with Gasteiger partial charge in [0.1, 0.15) is 0 Å². The van der Waals surface area contributed by atoms with Crippen LogP contribution in [0.4, 0.5) is 10.5 Å². The number of hydrogen-bond donors (Lipinski definition) is 2. The summed E-state index contributed by atoms with van der Waals surface area (Å²) in [7, 11) is 0. The van der Waals surface area contributed by atoms with Gasteiger partial charge in [0.2, 0.25) is 0 Å². The molecule has 1 saturated heterocycles. The maximum absolute atomic E-state index is 12.0. The summed E-state index contributed by atoms with van der Waals surface area (Å²) < 4.78 is 0. The number of nitrogens with zero attached hydrogens (tertiary/aromatic N) is 2. The molecule has 0 bridgehead atoms. The SMILES string of the molecule is CC(CC(=O)O)NC(=O)N1CCN(c2ccccc2)CC1. The van der Waals surface area contributed by atoms with Crippen molar-refractivity contribution in [1.29, 1.82) is 0 Å². The maximum atomic E-state index is 12.0. The molecule has 2 N–H and O–H groups in total. The molecule has 1 heterocycles. The van der Waals surface area contributed by atoms with E-state index in [1.54, 1.807) is 11.8 Å². The zero-order valence-electron chi connectivity index (χ0n) is 12.2. The number of nitrogens with one attached hydrogen (secondary N) is 1. The van der Waals surface area contributed by atoms with Gasteiger partial charge in [-0.05, 0) is 19.1 Å². The van der Waals surface area contributed by atoms with E-state index in [1.165, 1.54) is 0 Å². The Morgan fingerprint density at radius 3 is 2.38 bits per heavy atom. The van der Waals surface area contributed by atoms with Crippen LogP contribution in [0.2, 0.25) is 0 Å². The van der Waals surface area contributed by atoms with Crippen molar-refractivity contribution >= 4 is 17.7 Å². The third kappa shape index (κ3) is 4.37. The molecule has 0 aliphatic carbocycles. The van der Waals surface area contributed by atoms with E-state index in [9.17, 15) is 9.59 Å². The van der Waals surface area contributed by atoms with Crippen LogP contribution in [0.1, 0.15) is 13.3 Å². The van der Waals surface area contributed by atoms with Crippen molar-refractivity contribution in [2.24, 2.45) is 0 Å². The van der Waals surface area contributed by atoms with Crippen molar-refractivity contribution in [3.8, 4) is 0 Å². The number of benzene rings is 1. The summed E-state index contributed by atoms with van der Waals surface area (Å²) in [5.41, 5.74) is 1.16. The second-order valence-corrected chi connectivity index (χ2v) is 5.26. The van der Waals surface area contributed by atoms with Gasteiger partial charge in [0, 0.05) is 37.9 Å². The normalized spacial score (nSPS) is 16.4. The Balaban J connectivity index is 1.81. The van der Waals surface area contributed by atoms with Crippen LogP contribution in [0.3, 0.4) is 0 Å². The molecule has 0 radical (unpaired) electrons. The second kappa shape index (κ2) is 6.97. The minimum Gasteiger partial charge on any atom is -0.481 e. The first-order valence-corrected chi connectivity index (χ1v) is 7.13. The molecule has 6 nitrogen and oxygen atoms in total. The van der Waals surface area contributed by atoms with Crippen LogP contribution in [0, 0.1) is 0 Å². The molecule has 1 aromatic carbocycles. The lowest BCUT2D eigenvalue weighted by atomic mass is 10.2. The third-order valence-corrected chi connectivity index (χ3v) is 3.54. The predicted octanol–water partition coefficient (Wildman–Crippen LogP) is 1.38. The standard InChI is InChI=1S/C15H21N3O3/c1-12(11-14(19)20)16-15(21)18-9-7-17(8-10-18)13-5-3-2-4-6-13/h2-6,12H,7-11H2,1H3,(H,16,21)(H,19,20). The number of aliphatic carboxylic acids is 1. The maximum Gasteiger partial charge on any atom is 0.317 e. The van der Waals surface area contributed by atoms with Gasteiger partial charge in [-0.1, -0.05) is 18.2 Å². The van der Waals surface area contributed by atoms with E-state index in [0.717, 1.165) is 18.8 Å². The summed E-state index contributed by atoms with van der Waals surface area (Å²) in [6.45, 7) is 4.54. The summed E-state index contributed by atoms with van der Waals surface area (Å²) in [6.07, 6.45) is -0.0598. The number of urea groups is 1. The molecule has 0 spiro atoms. The van der Waals surface area contributed by atoms with Crippen molar-refractivity contribution in [2.75, 3.05) is 31.1 Å². The molecule has 0 saturated carbocycles. The first kappa shape index (κ1) is 15.2. The van der Waals surface area contributed by atoms with Gasteiger partial charge in [-0.25, -0.2) is 4.79 Å². The first-order valence-electron chi connectivity index (χ1n) is 7.13. The molecule has 21 heavy (non-hydrogen) atoms. The molecule has 114 valence electrons. The number of amides is 2. The Kier molecular flexibility index (Phi) is 5.03. The summed E-state index contributed by atoms with van der Waals surface area (Å²) in [4.78, 5) is 26.6. The number of rotatable bonds is 4. The largest absolute Gasteiger partial charge is 0.481 e. The van der Waals surface area contributed by atoms with Crippen molar-refractivity contribution in [3.63, 3.8) is 0 Å². The number of piperazine rings is 1. The fourth-order valence-corrected chi connectivity index (χ4v) is 2.42. The Labute approximate surface area is 124 Å². The van der Waals surface area contributed by atoms with Gasteiger partial charge >= 0.3 is 12.0 Å². The molecule has 1 aromatic rings. The quantitative estimate of drug-likeness (QED) is 0.879. The highest BCUT2D eigenvalue weighted by molar-refractivity contribution is 5.76. The highest BCUT2D eigenvalue weighted by atomic mass is 16.4. The zero-order chi connectivity index (χ0) is 15.2. The molecule has 2 amide bonds. The van der Waals surface area contributed by atoms with E-state index in [-0.39, 0.29) is 18.5 Å². The summed E-state index contributed by atoms with van der Waals surface area (Å²) in [6, 6.07) is 9.56. The summed E-state index contributed by atoms with van der Waals surface area (Å²) in [5, 5.41) is 11.4. The second-order valence-electron chi connectivity index (χ2n) is 5.26. The molecular formula is C15H21N3O3. The number of carbonyl (C=O) groups is 2. The van der Waals surface area contributed by atoms with E-state index in [1.807, 2.05) is 18.2 Å². The molecule has 1 aliphatic heterocycles. The lowest BCUT2D eigenvalue weighted by Gasteiger charge is -2.36. The average Bonchev–Trinajstić information content (AvgIpc) is 2.47. The van der Waals surface area contributed by atoms with Crippen molar-refractivity contribution in [3.05, 3.63) is 30.3 Å². The molecule has 2 rings (SSSR count). The Morgan fingerprint density at radius 1 is 1.19 bits per heavy atom. The smallest absolute Gasteiger partial charge is 0.317 e. The molecule has 6 heteroatoms. The van der Waals surface area contributed by atoms with Gasteiger partial charge in [0.05, 0.1) is 6.42 Å². The van der Waals surface area contributed by atoms with E-state index in [0.29, 0.717) is 13.1 Å². The number of para-hydroxylation sites is 1. The van der Waals surface area contributed by atoms with Gasteiger partial charge < -0.3 is 20.2 Å². The van der Waals surface area contributed by atoms with E-state index < -0.39 is 5.97 Å². The van der Waals surface area contributed by atoms with Crippen molar-refractivity contribution < 1.29 is 14.7 Å². The molecule has 1 fully saturated rings. The van der Waals surface area contributed by atoms with E-state index in [2.05, 4.69) is 22.3 Å². The van der Waals surface area contributed by atoms with Gasteiger partial charge in [-0.2, -0.15) is 0 Å². The predicted molar refractivity (Wildman–Crippen MR) is 80.5 cm³/mol. The fraction of sp³-hybridized carbons (Fsp3) is 0.467. The Morgan fingerprint density at radius 2 is 1.81 bits per heavy atom. The highest BCUT2D eigenvalue weighted by Crippen LogP contribution is 2.15. The number of carbonyl (C=O) groups excluding carboxylic acids is 1. The lowest BCUT2D eigenvalue weighted by Crippen LogP contribution is -2.53. The average molecular weight is 291 g/mol. The van der Waals surface area contributed by atoms with Crippen LogP contribution in [0.25, 0.3) is 0 Å². The van der Waals surface area contributed by atoms with Crippen LogP contribution in [-0.4, -0.2) is 54.2 Å². The van der Waals surface area contributed by atoms with Crippen LogP contribution in [-0.2, 0) is 4.79 Å². The van der Waals surface area contributed by atoms with Crippen LogP contribution >= 0.6 is 0 Å². The minimum absolute atomic E-state index is 0.0598. The van der Waals surface area contributed by atoms with Crippen LogP contribution in [0.5, 0.6) is 0 Å². The van der Waals surface area contributed by atoms with Crippen molar-refractivity contribution in [2.45, 2.75) is 19.4 Å². The molecule has 0 aromatic heterocycles. The van der Waals surface area contributed by atoms with E-state index >= 15 is 0 Å². The number of carboxylic acid groups (broad SMARTS) is 1. The number of carboxylic acids is 1. The highest BCUT2D eigenvalue weighted by Gasteiger charge is 2.22. The van der Waals surface area contributed by atoms with Gasteiger partial charge in [-0.3, -0.25) is 4.79 Å². The lowest BCUT2D eigenvalue weighted by molar-refractivity contribution is -0.137. The molecule has 1 unspecified atom stereocenters. The monoisotopic (exact) mass is 291 g/mol. The minimum atomic E-state index is -0.906. The van der Waals surface area contributed by atoms with Gasteiger partial charge in [0.15, 0.2) is 0 Å². The Bertz CT molecular complexity index is 484. The number of anilines is 1. The molecular weight excluding hydrogens is 270 g/mol. The first-order chi connectivity index (χ1) is 10.1. The summed E-state index contributed by atoms with van der Waals surface area (Å²) in [5.74, 6) is -0.906. The van der Waals surface area contributed by atoms with Gasteiger partial charge in [-0.15, -0.1) is 0 Å². The zero-order valence-corrected chi connectivity index (χ0v) is 12.2. The fourth-order valence-electron chi connectivity index (χ4n) is 2.42. The van der Waals surface area contributed by atoms with Crippen LogP contribution in [0.15, 0.2) is 30.3 Å².